The molecule has 0 saturated carbocycles. The second-order valence-electron chi connectivity index (χ2n) is 5.93. The highest BCUT2D eigenvalue weighted by atomic mass is 79.9. The van der Waals surface area contributed by atoms with E-state index in [2.05, 4.69) is 47.8 Å². The first-order chi connectivity index (χ1) is 12.9. The summed E-state index contributed by atoms with van der Waals surface area (Å²) >= 11 is 5.16. The number of nitrogens with zero attached hydrogens (tertiary/aromatic N) is 4. The third kappa shape index (κ3) is 3.81. The van der Waals surface area contributed by atoms with Crippen molar-refractivity contribution in [1.29, 1.82) is 0 Å². The zero-order chi connectivity index (χ0) is 19.0. The molecule has 1 aliphatic rings. The molecule has 4 rings (SSSR count). The van der Waals surface area contributed by atoms with Gasteiger partial charge in [0.05, 0.1) is 21.6 Å². The minimum atomic E-state index is -4.44. The van der Waals surface area contributed by atoms with Gasteiger partial charge in [0.25, 0.3) is 0 Å². The van der Waals surface area contributed by atoms with E-state index in [4.69, 9.17) is 0 Å². The Balaban J connectivity index is 1.59. The molecule has 27 heavy (non-hydrogen) atoms. The molecule has 0 bridgehead atoms. The van der Waals surface area contributed by atoms with Gasteiger partial charge in [0.15, 0.2) is 5.65 Å². The van der Waals surface area contributed by atoms with Crippen molar-refractivity contribution in [2.24, 2.45) is 0 Å². The molecule has 4 heterocycles. The van der Waals surface area contributed by atoms with E-state index in [1.807, 2.05) is 6.07 Å². The molecule has 1 atom stereocenters. The van der Waals surface area contributed by atoms with Gasteiger partial charge in [-0.25, -0.2) is 4.98 Å². The fourth-order valence-electron chi connectivity index (χ4n) is 2.71. The molecule has 0 aromatic carbocycles. The second kappa shape index (κ2) is 7.16. The van der Waals surface area contributed by atoms with Crippen molar-refractivity contribution in [2.45, 2.75) is 24.4 Å². The van der Waals surface area contributed by atoms with Crippen LogP contribution < -0.4 is 5.32 Å². The summed E-state index contributed by atoms with van der Waals surface area (Å²) in [6, 6.07) is 4.32. The van der Waals surface area contributed by atoms with E-state index < -0.39 is 11.9 Å². The molecule has 1 N–H and O–H groups in total. The van der Waals surface area contributed by atoms with E-state index in [-0.39, 0.29) is 5.25 Å². The third-order valence-electron chi connectivity index (χ3n) is 4.06. The van der Waals surface area contributed by atoms with Crippen molar-refractivity contribution in [2.75, 3.05) is 5.32 Å². The van der Waals surface area contributed by atoms with Crippen molar-refractivity contribution in [3.05, 3.63) is 63.5 Å². The molecule has 3 aromatic heterocycles. The molecule has 3 aromatic rings. The van der Waals surface area contributed by atoms with Crippen LogP contribution in [0, 0.1) is 0 Å². The van der Waals surface area contributed by atoms with E-state index in [0.29, 0.717) is 23.6 Å². The molecule has 0 saturated heterocycles. The minimum Gasteiger partial charge on any atom is -0.366 e. The molecule has 5 nitrogen and oxygen atoms in total. The molecule has 1 unspecified atom stereocenters. The molecule has 140 valence electrons. The van der Waals surface area contributed by atoms with Crippen LogP contribution >= 0.6 is 27.7 Å². The van der Waals surface area contributed by atoms with Gasteiger partial charge in [-0.1, -0.05) is 12.1 Å². The highest BCUT2D eigenvalue weighted by Gasteiger charge is 2.32. The fraction of sp³-hybridized carbons (Fsp3) is 0.235. The zero-order valence-electron chi connectivity index (χ0n) is 13.7. The highest BCUT2D eigenvalue weighted by Crippen LogP contribution is 2.38. The number of halogens is 4. The number of allylic oxidation sites excluding steroid dienone is 1. The monoisotopic (exact) mass is 455 g/mol. The summed E-state index contributed by atoms with van der Waals surface area (Å²) in [5, 5.41) is 9.83. The average molecular weight is 456 g/mol. The van der Waals surface area contributed by atoms with Gasteiger partial charge in [-0.3, -0.25) is 4.98 Å². The Bertz CT molecular complexity index is 992. The average Bonchev–Trinajstić information content (AvgIpc) is 3.30. The normalized spacial score (nSPS) is 17.0. The van der Waals surface area contributed by atoms with Crippen molar-refractivity contribution in [3.8, 4) is 0 Å². The molecular formula is C17H13BrF3N5S. The Morgan fingerprint density at radius 2 is 2.15 bits per heavy atom. The SMILES string of the molecule is FC(F)(F)c1ccc(CNc2cc(C3CC=CS3)nc3c(Br)cnn23)cn1. The molecule has 0 radical (unpaired) electrons. The summed E-state index contributed by atoms with van der Waals surface area (Å²) < 4.78 is 40.3. The fourth-order valence-corrected chi connectivity index (χ4v) is 3.95. The minimum absolute atomic E-state index is 0.241. The molecule has 0 aliphatic carbocycles. The number of anilines is 1. The van der Waals surface area contributed by atoms with Crippen molar-refractivity contribution in [3.63, 3.8) is 0 Å². The van der Waals surface area contributed by atoms with Gasteiger partial charge in [-0.15, -0.1) is 11.8 Å². The quantitative estimate of drug-likeness (QED) is 0.585. The van der Waals surface area contributed by atoms with Crippen molar-refractivity contribution < 1.29 is 13.2 Å². The zero-order valence-corrected chi connectivity index (χ0v) is 16.1. The number of alkyl halides is 3. The summed E-state index contributed by atoms with van der Waals surface area (Å²) in [5.41, 5.74) is 1.35. The highest BCUT2D eigenvalue weighted by molar-refractivity contribution is 9.10. The van der Waals surface area contributed by atoms with Gasteiger partial charge in [-0.2, -0.15) is 22.8 Å². The van der Waals surface area contributed by atoms with Crippen LogP contribution in [0.25, 0.3) is 5.65 Å². The summed E-state index contributed by atoms with van der Waals surface area (Å²) in [4.78, 5) is 8.18. The van der Waals surface area contributed by atoms with E-state index in [1.54, 1.807) is 22.5 Å². The Labute approximate surface area is 165 Å². The van der Waals surface area contributed by atoms with Crippen LogP contribution in [0.2, 0.25) is 0 Å². The lowest BCUT2D eigenvalue weighted by molar-refractivity contribution is -0.141. The van der Waals surface area contributed by atoms with Crippen molar-refractivity contribution in [1.82, 2.24) is 19.6 Å². The summed E-state index contributed by atoms with van der Waals surface area (Å²) in [6.07, 6.45) is 1.46. The maximum Gasteiger partial charge on any atom is 0.433 e. The van der Waals surface area contributed by atoms with Gasteiger partial charge in [-0.05, 0) is 39.4 Å². The van der Waals surface area contributed by atoms with Crippen LogP contribution in [0.15, 0.2) is 46.5 Å². The van der Waals surface area contributed by atoms with Gasteiger partial charge in [0.1, 0.15) is 11.5 Å². The van der Waals surface area contributed by atoms with Crippen LogP contribution in [-0.2, 0) is 12.7 Å². The first kappa shape index (κ1) is 18.3. The Hall–Kier alpha value is -2.07. The van der Waals surface area contributed by atoms with Gasteiger partial charge < -0.3 is 5.32 Å². The number of hydrogen-bond donors (Lipinski definition) is 1. The van der Waals surface area contributed by atoms with Crippen LogP contribution in [-0.4, -0.2) is 19.6 Å². The lowest BCUT2D eigenvalue weighted by atomic mass is 10.2. The molecule has 0 fully saturated rings. The lowest BCUT2D eigenvalue weighted by Gasteiger charge is -2.14. The first-order valence-electron chi connectivity index (χ1n) is 8.02. The standard InChI is InChI=1S/C17H13BrF3N5S/c18-11-9-24-26-15(6-12(25-16(11)26)13-2-1-5-27-13)23-8-10-3-4-14(22-7-10)17(19,20)21/h1,3-7,9,13,23H,2,8H2. The number of nitrogens with one attached hydrogen (secondary N) is 1. The number of fused-ring (bicyclic) bond motifs is 1. The Morgan fingerprint density at radius 3 is 2.81 bits per heavy atom. The molecule has 1 aliphatic heterocycles. The van der Waals surface area contributed by atoms with E-state index in [9.17, 15) is 13.2 Å². The van der Waals surface area contributed by atoms with Gasteiger partial charge >= 0.3 is 6.18 Å². The maximum atomic E-state index is 12.6. The number of thioether (sulfide) groups is 1. The molecule has 0 amide bonds. The smallest absolute Gasteiger partial charge is 0.366 e. The molecular weight excluding hydrogens is 443 g/mol. The third-order valence-corrected chi connectivity index (χ3v) is 5.73. The Kier molecular flexibility index (Phi) is 4.85. The Morgan fingerprint density at radius 1 is 1.30 bits per heavy atom. The van der Waals surface area contributed by atoms with E-state index in [1.165, 1.54) is 12.3 Å². The van der Waals surface area contributed by atoms with Crippen LogP contribution in [0.1, 0.15) is 28.6 Å². The number of pyridine rings is 1. The lowest BCUT2D eigenvalue weighted by Crippen LogP contribution is -2.10. The summed E-state index contributed by atoms with van der Waals surface area (Å²) in [7, 11) is 0. The largest absolute Gasteiger partial charge is 0.433 e. The maximum absolute atomic E-state index is 12.6. The van der Waals surface area contributed by atoms with Crippen LogP contribution in [0.5, 0.6) is 0 Å². The topological polar surface area (TPSA) is 55.1 Å². The predicted octanol–water partition coefficient (Wildman–Crippen LogP) is 5.21. The molecule has 0 spiro atoms. The van der Waals surface area contributed by atoms with Crippen LogP contribution in [0.4, 0.5) is 19.0 Å². The van der Waals surface area contributed by atoms with Crippen molar-refractivity contribution >= 4 is 39.2 Å². The number of rotatable bonds is 4. The number of hydrogen-bond acceptors (Lipinski definition) is 5. The molecule has 10 heteroatoms. The van der Waals surface area contributed by atoms with E-state index in [0.717, 1.165) is 22.7 Å². The van der Waals surface area contributed by atoms with Gasteiger partial charge in [0, 0.05) is 18.8 Å². The van der Waals surface area contributed by atoms with Crippen LogP contribution in [0.3, 0.4) is 0 Å². The van der Waals surface area contributed by atoms with Gasteiger partial charge in [0.2, 0.25) is 0 Å². The van der Waals surface area contributed by atoms with E-state index >= 15 is 0 Å². The second-order valence-corrected chi connectivity index (χ2v) is 7.90. The summed E-state index contributed by atoms with van der Waals surface area (Å²) in [5.74, 6) is 0.716. The predicted molar refractivity (Wildman–Crippen MR) is 101 cm³/mol. The number of aromatic nitrogens is 4. The summed E-state index contributed by atoms with van der Waals surface area (Å²) in [6.45, 7) is 0.317. The first-order valence-corrected chi connectivity index (χ1v) is 9.76.